The van der Waals surface area contributed by atoms with Crippen LogP contribution in [0, 0.1) is 0 Å². The Morgan fingerprint density at radius 3 is 1.54 bits per heavy atom. The second-order valence-corrected chi connectivity index (χ2v) is 8.13. The van der Waals surface area contributed by atoms with E-state index in [-0.39, 0.29) is 0 Å². The highest BCUT2D eigenvalue weighted by Gasteiger charge is 2.34. The number of hydrogen-bond acceptors (Lipinski definition) is 3. The maximum atomic E-state index is 6.62. The molecule has 0 saturated heterocycles. The van der Waals surface area contributed by atoms with Crippen molar-refractivity contribution >= 4 is 0 Å². The van der Waals surface area contributed by atoms with Crippen LogP contribution in [-0.4, -0.2) is 40.7 Å². The van der Waals surface area contributed by atoms with Crippen molar-refractivity contribution in [2.45, 2.75) is 123 Å². The molecule has 0 radical (unpaired) electrons. The number of hydrogen-bond donors (Lipinski definition) is 2. The van der Waals surface area contributed by atoms with Gasteiger partial charge in [0.1, 0.15) is 0 Å². The molecule has 1 fully saturated rings. The second-order valence-electron chi connectivity index (χ2n) is 8.13. The summed E-state index contributed by atoms with van der Waals surface area (Å²) in [7, 11) is 0. The van der Waals surface area contributed by atoms with Crippen molar-refractivity contribution in [2.24, 2.45) is 0 Å². The number of rotatable bonds is 14. The molecule has 0 aromatic heterocycles. The van der Waals surface area contributed by atoms with Crippen LogP contribution >= 0.6 is 0 Å². The summed E-state index contributed by atoms with van der Waals surface area (Å²) in [5.74, 6) is 0. The Labute approximate surface area is 163 Å². The molecule has 4 nitrogen and oxygen atoms in total. The molecule has 0 atom stereocenters. The Bertz CT molecular complexity index is 277. The third kappa shape index (κ3) is 11.5. The van der Waals surface area contributed by atoms with E-state index in [0.717, 1.165) is 6.04 Å². The Hall–Kier alpha value is -0.160. The van der Waals surface area contributed by atoms with Crippen molar-refractivity contribution in [2.75, 3.05) is 19.6 Å². The van der Waals surface area contributed by atoms with Crippen LogP contribution in [0.25, 0.3) is 0 Å². The lowest BCUT2D eigenvalue weighted by Crippen LogP contribution is -2.56. The van der Waals surface area contributed by atoms with Crippen LogP contribution in [-0.2, 0) is 5.04 Å². The Kier molecular flexibility index (Phi) is 18.1. The van der Waals surface area contributed by atoms with E-state index >= 15 is 0 Å². The monoisotopic (exact) mass is 374 g/mol. The summed E-state index contributed by atoms with van der Waals surface area (Å²) in [6, 6.07) is 0.984. The zero-order valence-electron chi connectivity index (χ0n) is 18.1. The van der Waals surface area contributed by atoms with Crippen LogP contribution in [0.3, 0.4) is 0 Å². The average molecular weight is 375 g/mol. The number of unbranched alkanes of at least 4 members (excludes halogenated alkanes) is 9. The molecule has 0 bridgehead atoms. The zero-order valence-corrected chi connectivity index (χ0v) is 18.1. The van der Waals surface area contributed by atoms with E-state index in [1.165, 1.54) is 120 Å². The lowest BCUT2D eigenvalue weighted by atomic mass is 9.91. The van der Waals surface area contributed by atoms with E-state index in [9.17, 15) is 0 Å². The molecule has 0 heterocycles. The van der Waals surface area contributed by atoms with E-state index in [0.29, 0.717) is 0 Å². The van der Waals surface area contributed by atoms with Crippen molar-refractivity contribution in [3.63, 3.8) is 0 Å². The minimum Gasteiger partial charge on any atom is -0.322 e. The predicted molar refractivity (Wildman–Crippen MR) is 111 cm³/mol. The first-order valence-corrected chi connectivity index (χ1v) is 11.5. The maximum absolute atomic E-state index is 6.62. The molecule has 1 rings (SSSR count). The number of nitrogens with zero attached hydrogens (tertiary/aromatic N) is 1. The van der Waals surface area contributed by atoms with Gasteiger partial charge in [-0.05, 0) is 52.4 Å². The molecule has 26 heavy (non-hydrogen) atoms. The van der Waals surface area contributed by atoms with Crippen LogP contribution in [0.1, 0.15) is 117 Å². The SMILES string of the molecule is CCCCCCCCCCCC[N+](CC)(CC)C1CCCCC1.OOO. The normalized spacial score (nSPS) is 15.6. The van der Waals surface area contributed by atoms with E-state index in [1.807, 2.05) is 0 Å². The Morgan fingerprint density at radius 1 is 0.692 bits per heavy atom. The molecule has 0 aromatic carbocycles. The van der Waals surface area contributed by atoms with Crippen molar-refractivity contribution in [3.05, 3.63) is 0 Å². The molecule has 0 aromatic rings. The van der Waals surface area contributed by atoms with Crippen LogP contribution in [0.4, 0.5) is 0 Å². The van der Waals surface area contributed by atoms with Gasteiger partial charge in [0, 0.05) is 0 Å². The van der Waals surface area contributed by atoms with E-state index in [4.69, 9.17) is 10.5 Å². The summed E-state index contributed by atoms with van der Waals surface area (Å²) in [4.78, 5) is 0. The van der Waals surface area contributed by atoms with Crippen molar-refractivity contribution in [3.8, 4) is 0 Å². The van der Waals surface area contributed by atoms with E-state index in [2.05, 4.69) is 25.8 Å². The molecule has 1 saturated carbocycles. The molecular formula is C22H48NO3+. The van der Waals surface area contributed by atoms with Gasteiger partial charge >= 0.3 is 0 Å². The van der Waals surface area contributed by atoms with Gasteiger partial charge in [-0.2, -0.15) is 0 Å². The average Bonchev–Trinajstić information content (AvgIpc) is 2.68. The standard InChI is InChI=1S/C22H46N.H2O3/c1-4-7-8-9-10-11-12-13-14-18-21-23(5-2,6-3)22-19-16-15-17-20-22;1-3-2/h22H,4-21H2,1-3H3;1-2H/q+1;. The lowest BCUT2D eigenvalue weighted by Gasteiger charge is -2.45. The summed E-state index contributed by atoms with van der Waals surface area (Å²) in [6.45, 7) is 11.4. The topological polar surface area (TPSA) is 49.7 Å². The second kappa shape index (κ2) is 18.2. The van der Waals surface area contributed by atoms with Gasteiger partial charge in [0.05, 0.1) is 25.7 Å². The lowest BCUT2D eigenvalue weighted by molar-refractivity contribution is -0.949. The molecule has 1 aliphatic rings. The largest absolute Gasteiger partial charge is 0.322 e. The van der Waals surface area contributed by atoms with Crippen molar-refractivity contribution < 1.29 is 20.0 Å². The first-order chi connectivity index (χ1) is 12.7. The quantitative estimate of drug-likeness (QED) is 0.148. The fraction of sp³-hybridized carbons (Fsp3) is 1.00. The highest BCUT2D eigenvalue weighted by molar-refractivity contribution is 4.67. The smallest absolute Gasteiger partial charge is 0.0890 e. The van der Waals surface area contributed by atoms with Crippen molar-refractivity contribution in [1.82, 2.24) is 0 Å². The summed E-state index contributed by atoms with van der Waals surface area (Å²) >= 11 is 0. The van der Waals surface area contributed by atoms with Gasteiger partial charge in [0.25, 0.3) is 0 Å². The Morgan fingerprint density at radius 2 is 1.12 bits per heavy atom. The maximum Gasteiger partial charge on any atom is 0.0890 e. The molecule has 1 aliphatic carbocycles. The highest BCUT2D eigenvalue weighted by Crippen LogP contribution is 2.29. The minimum absolute atomic E-state index is 0.984. The van der Waals surface area contributed by atoms with Crippen LogP contribution in [0.2, 0.25) is 0 Å². The third-order valence-electron chi connectivity index (χ3n) is 6.57. The summed E-state index contributed by atoms with van der Waals surface area (Å²) < 4.78 is 1.43. The molecular weight excluding hydrogens is 326 g/mol. The fourth-order valence-corrected chi connectivity index (χ4v) is 4.78. The first kappa shape index (κ1) is 25.8. The van der Waals surface area contributed by atoms with E-state index in [1.54, 1.807) is 0 Å². The highest BCUT2D eigenvalue weighted by atomic mass is 17.4. The van der Waals surface area contributed by atoms with Gasteiger partial charge in [-0.3, -0.25) is 0 Å². The molecule has 0 spiro atoms. The minimum atomic E-state index is 0.984. The molecule has 2 N–H and O–H groups in total. The molecule has 0 amide bonds. The fourth-order valence-electron chi connectivity index (χ4n) is 4.78. The predicted octanol–water partition coefficient (Wildman–Crippen LogP) is 7.05. The number of quaternary nitrogens is 1. The van der Waals surface area contributed by atoms with Gasteiger partial charge in [-0.15, -0.1) is 0 Å². The van der Waals surface area contributed by atoms with Gasteiger partial charge in [0.2, 0.25) is 0 Å². The Balaban J connectivity index is 0.00000194. The summed E-state index contributed by atoms with van der Waals surface area (Å²) in [5, 5.41) is 15.5. The summed E-state index contributed by atoms with van der Waals surface area (Å²) in [6.07, 6.45) is 22.1. The van der Waals surface area contributed by atoms with Gasteiger partial charge in [-0.1, -0.05) is 69.7 Å². The third-order valence-corrected chi connectivity index (χ3v) is 6.57. The summed E-state index contributed by atoms with van der Waals surface area (Å²) in [5.41, 5.74) is 0. The van der Waals surface area contributed by atoms with Gasteiger partial charge in [0.15, 0.2) is 0 Å². The molecule has 0 aliphatic heterocycles. The van der Waals surface area contributed by atoms with Crippen LogP contribution < -0.4 is 0 Å². The zero-order chi connectivity index (χ0) is 19.5. The van der Waals surface area contributed by atoms with Crippen LogP contribution in [0.5, 0.6) is 0 Å². The molecule has 158 valence electrons. The molecule has 4 heteroatoms. The van der Waals surface area contributed by atoms with Gasteiger partial charge < -0.3 is 4.48 Å². The first-order valence-electron chi connectivity index (χ1n) is 11.5. The van der Waals surface area contributed by atoms with Gasteiger partial charge in [-0.25, -0.2) is 10.5 Å². The van der Waals surface area contributed by atoms with Crippen molar-refractivity contribution in [1.29, 1.82) is 0 Å². The molecule has 0 unspecified atom stereocenters. The van der Waals surface area contributed by atoms with Crippen LogP contribution in [0.15, 0.2) is 0 Å². The van der Waals surface area contributed by atoms with E-state index < -0.39 is 0 Å².